The summed E-state index contributed by atoms with van der Waals surface area (Å²) in [6.45, 7) is 12.1. The zero-order valence-electron chi connectivity index (χ0n) is 43.1. The minimum atomic E-state index is -1.86. The Morgan fingerprint density at radius 2 is 0.500 bits per heavy atom. The predicted octanol–water partition coefficient (Wildman–Crippen LogP) is 15.1. The van der Waals surface area contributed by atoms with E-state index in [2.05, 4.69) is 0 Å². The fourth-order valence-electron chi connectivity index (χ4n) is 23.6. The third-order valence-electron chi connectivity index (χ3n) is 24.4. The summed E-state index contributed by atoms with van der Waals surface area (Å²) in [5.74, 6) is -4.18. The van der Waals surface area contributed by atoms with E-state index >= 15 is 9.59 Å². The van der Waals surface area contributed by atoms with Crippen LogP contribution in [0, 0.1) is 0 Å². The Kier molecular flexibility index (Phi) is 3.65. The van der Waals surface area contributed by atoms with Crippen LogP contribution < -0.4 is 5.43 Å². The van der Waals surface area contributed by atoms with Gasteiger partial charge in [0, 0.05) is 123 Å². The molecule has 0 saturated carbocycles. The molecular weight excluding hydrogens is 1000 g/mol. The zero-order chi connectivity index (χ0) is 51.0. The van der Waals surface area contributed by atoms with Crippen molar-refractivity contribution in [2.75, 3.05) is 14.2 Å². The van der Waals surface area contributed by atoms with Crippen molar-refractivity contribution in [1.29, 1.82) is 0 Å². The van der Waals surface area contributed by atoms with E-state index in [9.17, 15) is 0 Å². The summed E-state index contributed by atoms with van der Waals surface area (Å²) >= 11 is 0. The van der Waals surface area contributed by atoms with Crippen molar-refractivity contribution in [3.05, 3.63) is 77.4 Å². The van der Waals surface area contributed by atoms with Crippen LogP contribution in [0.25, 0.3) is 226 Å². The average molecular weight is 1020 g/mol. The molecule has 4 atom stereocenters. The Balaban J connectivity index is 1.13. The lowest BCUT2D eigenvalue weighted by Gasteiger charge is -2.46. The van der Waals surface area contributed by atoms with Crippen LogP contribution in [-0.2, 0) is 66.1 Å². The number of ketones is 1. The van der Waals surface area contributed by atoms with Gasteiger partial charge in [0.2, 0.25) is 0 Å². The molecule has 30 rings (SSSR count). The van der Waals surface area contributed by atoms with Crippen LogP contribution in [0.4, 0.5) is 0 Å². The van der Waals surface area contributed by atoms with Gasteiger partial charge in [-0.15, -0.1) is 0 Å². The summed E-state index contributed by atoms with van der Waals surface area (Å²) in [6, 6.07) is 0. The van der Waals surface area contributed by atoms with E-state index < -0.39 is 39.8 Å². The van der Waals surface area contributed by atoms with Crippen LogP contribution in [0.1, 0.15) is 86.1 Å². The molecule has 0 spiro atoms. The number of carbonyl (C=O) groups excluding carboxylic acids is 1. The first-order valence-electron chi connectivity index (χ1n) is 28.3. The number of carbonyl (C=O) groups is 1. The molecule has 0 saturated heterocycles. The molecule has 2 heterocycles. The molecule has 0 amide bonds. The highest BCUT2D eigenvalue weighted by molar-refractivity contribution is 6.77. The van der Waals surface area contributed by atoms with Crippen LogP contribution in [0.3, 0.4) is 0 Å². The van der Waals surface area contributed by atoms with E-state index in [1.165, 1.54) is 140 Å². The largest absolute Gasteiger partial charge is 0.449 e. The maximum absolute atomic E-state index is 17.6. The number of methoxy groups -OCH3 is 2. The van der Waals surface area contributed by atoms with Gasteiger partial charge in [-0.1, -0.05) is 0 Å². The van der Waals surface area contributed by atoms with Gasteiger partial charge in [-0.2, -0.15) is 0 Å². The number of rotatable bonds is 6. The van der Waals surface area contributed by atoms with Crippen LogP contribution in [0.2, 0.25) is 0 Å². The van der Waals surface area contributed by atoms with E-state index in [0.717, 1.165) is 109 Å². The highest BCUT2D eigenvalue weighted by Gasteiger charge is 2.77. The van der Waals surface area contributed by atoms with Crippen LogP contribution >= 0.6 is 0 Å². The van der Waals surface area contributed by atoms with Crippen molar-refractivity contribution in [2.45, 2.75) is 75.5 Å². The van der Waals surface area contributed by atoms with Gasteiger partial charge in [-0.3, -0.25) is 9.59 Å². The van der Waals surface area contributed by atoms with E-state index in [0.29, 0.717) is 33.0 Å². The van der Waals surface area contributed by atoms with Gasteiger partial charge >= 0.3 is 0 Å². The molecule has 10 heteroatoms. The van der Waals surface area contributed by atoms with Crippen molar-refractivity contribution >= 4 is 232 Å². The first-order chi connectivity index (χ1) is 38.8. The second kappa shape index (κ2) is 8.27. The molecule has 364 valence electrons. The molecule has 0 bridgehead atoms. The average Bonchev–Trinajstić information content (AvgIpc) is 1.41. The lowest BCUT2D eigenvalue weighted by molar-refractivity contribution is -0.402. The van der Waals surface area contributed by atoms with Gasteiger partial charge in [-0.05, 0) is 203 Å². The molecule has 4 unspecified atom stereocenters. The molecule has 0 radical (unpaired) electrons. The third kappa shape index (κ3) is 2.16. The van der Waals surface area contributed by atoms with Gasteiger partial charge in [-0.25, -0.2) is 19.6 Å². The zero-order valence-corrected chi connectivity index (χ0v) is 43.1. The molecule has 22 aromatic rings. The predicted molar refractivity (Wildman–Crippen MR) is 306 cm³/mol. The summed E-state index contributed by atoms with van der Waals surface area (Å²) in [4.78, 5) is 64.7. The molecule has 2 aliphatic heterocycles. The summed E-state index contributed by atoms with van der Waals surface area (Å²) in [5, 5.41) is 49.7. The molecule has 10 nitrogen and oxygen atoms in total. The van der Waals surface area contributed by atoms with E-state index in [1.807, 2.05) is 41.5 Å². The lowest BCUT2D eigenvalue weighted by atomic mass is 9.63. The van der Waals surface area contributed by atoms with Gasteiger partial charge < -0.3 is 18.9 Å². The van der Waals surface area contributed by atoms with Crippen LogP contribution in [0.15, 0.2) is 27.5 Å². The van der Waals surface area contributed by atoms with Gasteiger partial charge in [0.05, 0.1) is 22.3 Å². The van der Waals surface area contributed by atoms with E-state index in [-0.39, 0.29) is 16.9 Å². The fourth-order valence-corrected chi connectivity index (χ4v) is 23.6. The summed E-state index contributed by atoms with van der Waals surface area (Å²) in [5.41, 5.74) is 2.03. The Labute approximate surface area is 440 Å². The van der Waals surface area contributed by atoms with E-state index in [1.54, 1.807) is 14.2 Å². The Bertz CT molecular complexity index is 6840. The van der Waals surface area contributed by atoms with Crippen LogP contribution in [-0.4, -0.2) is 31.2 Å². The molecule has 80 heavy (non-hydrogen) atoms. The molecular formula is C70H24O10. The van der Waals surface area contributed by atoms with Crippen molar-refractivity contribution in [3.63, 3.8) is 0 Å². The number of hydrogen-bond acceptors (Lipinski definition) is 10. The molecule has 8 aliphatic rings. The third-order valence-corrected chi connectivity index (χ3v) is 24.4. The monoisotopic (exact) mass is 1020 g/mol. The van der Waals surface area contributed by atoms with Crippen molar-refractivity contribution in [2.24, 2.45) is 0 Å². The molecule has 0 fully saturated rings. The molecule has 22 aromatic carbocycles. The molecule has 0 N–H and O–H groups in total. The highest BCUT2D eigenvalue weighted by Crippen LogP contribution is 2.84. The highest BCUT2D eigenvalue weighted by atomic mass is 17.2. The molecule has 6 aliphatic carbocycles. The quantitative estimate of drug-likeness (QED) is 0.0907. The Morgan fingerprint density at radius 3 is 0.750 bits per heavy atom. The van der Waals surface area contributed by atoms with E-state index in [4.69, 9.17) is 38.5 Å². The standard InChI is InChI=1S/C70H24O10/c1-65(2,3)77-79-67-53-43-33-23-18-13-11-9-10-12(13)20-26-24(18)34(33)44-46-36(26)38-28(20)22-15(10)17-16-14(9)21-27-19(11)25(23)35-37(27)47-41-31(21)29(16)39-40-30(17)32(22)42-48(38)58-56(46)68(54(44)53,80-78-66(4,5)6)60-59(67)63-62(72)64(60)76-70(58,74-8)52(42)50(40)61(71)49(39)51(41)69(73-7,75-63)57(47)55(67)45(35)43/h1-8H3. The normalized spacial score (nSPS) is 26.2. The maximum Gasteiger partial charge on any atom is 0.266 e. The molecule has 0 aromatic heterocycles. The maximum atomic E-state index is 17.6. The minimum Gasteiger partial charge on any atom is -0.449 e. The number of fused-ring (bicyclic) bond motifs is 4. The first kappa shape index (κ1) is 35.3. The van der Waals surface area contributed by atoms with Gasteiger partial charge in [0.15, 0.2) is 28.1 Å². The summed E-state index contributed by atoms with van der Waals surface area (Å²) in [6.07, 6.45) is 0. The van der Waals surface area contributed by atoms with Gasteiger partial charge in [0.25, 0.3) is 17.4 Å². The van der Waals surface area contributed by atoms with Crippen molar-refractivity contribution < 1.29 is 43.3 Å². The number of Topliss-reactive ketones (excluding diaryl/α,β-unsaturated/α-hetero) is 1. The van der Waals surface area contributed by atoms with Crippen molar-refractivity contribution in [1.82, 2.24) is 0 Å². The second-order valence-electron chi connectivity index (χ2n) is 28.6. The van der Waals surface area contributed by atoms with Gasteiger partial charge in [0.1, 0.15) is 0 Å². The summed E-state index contributed by atoms with van der Waals surface area (Å²) in [7, 11) is 3.42. The fraction of sp³-hybridized carbons (Fsp3) is 0.200. The number of benzene rings is 15. The first-order valence-corrected chi connectivity index (χ1v) is 28.3. The SMILES string of the molecule is COC12OC3=C4C5=C(OC6(OC)c7c8c9c%10c(c%11c%12c%13c(c1c1c%14c2c2c(=O)c%15c6c6c7c7c9c9c%16c%10c%12c%10c%12c%13c1c1c%13c%14c%14c2c%15c2c6c6c7c9c7c(c%10%16)c(c%121)c1c%13c%14c2c6c71)C4%11OOC(C)(C)C)C58OOC(C)(C)C)C3=O. The topological polar surface area (TPSA) is 108 Å². The summed E-state index contributed by atoms with van der Waals surface area (Å²) < 4.78 is 31.1. The second-order valence-corrected chi connectivity index (χ2v) is 28.6. The van der Waals surface area contributed by atoms with Crippen molar-refractivity contribution in [3.8, 4) is 0 Å². The number of ether oxygens (including phenoxy) is 4. The smallest absolute Gasteiger partial charge is 0.266 e. The Hall–Kier alpha value is -8.32. The number of hydrogen-bond donors (Lipinski definition) is 0. The minimum absolute atomic E-state index is 0.0138. The Morgan fingerprint density at radius 1 is 0.287 bits per heavy atom. The lowest BCUT2D eigenvalue weighted by Crippen LogP contribution is -2.48. The van der Waals surface area contributed by atoms with Crippen LogP contribution in [0.5, 0.6) is 0 Å².